The van der Waals surface area contributed by atoms with Crippen LogP contribution in [-0.4, -0.2) is 0 Å². The van der Waals surface area contributed by atoms with Gasteiger partial charge in [0.1, 0.15) is 0 Å². The third-order valence-electron chi connectivity index (χ3n) is 2.60. The van der Waals surface area contributed by atoms with Crippen LogP contribution in [0, 0.1) is 0 Å². The SMILES string of the molecule is C[C@@H](N)c1ccc(Sc2ccc(Cl)c(Cl)c2)c(Cl)c1. The maximum atomic E-state index is 6.26. The van der Waals surface area contributed by atoms with E-state index >= 15 is 0 Å². The molecule has 19 heavy (non-hydrogen) atoms. The molecule has 0 aliphatic rings. The Morgan fingerprint density at radius 3 is 2.26 bits per heavy atom. The minimum atomic E-state index is -0.0264. The van der Waals surface area contributed by atoms with Gasteiger partial charge in [-0.1, -0.05) is 52.6 Å². The predicted molar refractivity (Wildman–Crippen MR) is 84.6 cm³/mol. The largest absolute Gasteiger partial charge is 0.324 e. The minimum absolute atomic E-state index is 0.0264. The second-order valence-electron chi connectivity index (χ2n) is 4.16. The highest BCUT2D eigenvalue weighted by Crippen LogP contribution is 2.36. The summed E-state index contributed by atoms with van der Waals surface area (Å²) in [4.78, 5) is 1.95. The first-order valence-corrected chi connectivity index (χ1v) is 7.60. The molecule has 0 unspecified atom stereocenters. The van der Waals surface area contributed by atoms with Gasteiger partial charge in [-0.15, -0.1) is 0 Å². The summed E-state index contributed by atoms with van der Waals surface area (Å²) in [6, 6.07) is 11.3. The lowest BCUT2D eigenvalue weighted by molar-refractivity contribution is 0.817. The van der Waals surface area contributed by atoms with Crippen LogP contribution in [0.15, 0.2) is 46.2 Å². The third-order valence-corrected chi connectivity index (χ3v) is 4.83. The van der Waals surface area contributed by atoms with Crippen molar-refractivity contribution in [1.29, 1.82) is 0 Å². The summed E-state index contributed by atoms with van der Waals surface area (Å²) in [5.74, 6) is 0. The minimum Gasteiger partial charge on any atom is -0.324 e. The predicted octanol–water partition coefficient (Wildman–Crippen LogP) is 5.82. The highest BCUT2D eigenvalue weighted by atomic mass is 35.5. The zero-order valence-corrected chi connectivity index (χ0v) is 13.2. The Labute approximate surface area is 132 Å². The van der Waals surface area contributed by atoms with Crippen LogP contribution in [0.1, 0.15) is 18.5 Å². The van der Waals surface area contributed by atoms with Gasteiger partial charge < -0.3 is 5.73 Å². The number of nitrogens with two attached hydrogens (primary N) is 1. The molecule has 0 heterocycles. The van der Waals surface area contributed by atoms with E-state index in [-0.39, 0.29) is 6.04 Å². The van der Waals surface area contributed by atoms with Gasteiger partial charge >= 0.3 is 0 Å². The number of benzene rings is 2. The van der Waals surface area contributed by atoms with Gasteiger partial charge in [-0.25, -0.2) is 0 Å². The molecule has 2 rings (SSSR count). The van der Waals surface area contributed by atoms with E-state index in [0.717, 1.165) is 15.4 Å². The Hall–Kier alpha value is -0.380. The standard InChI is InChI=1S/C14H12Cl3NS/c1-8(18)9-2-5-14(13(17)6-9)19-10-3-4-11(15)12(16)7-10/h2-8H,18H2,1H3/t8-/m1/s1. The van der Waals surface area contributed by atoms with Crippen molar-refractivity contribution in [2.24, 2.45) is 5.73 Å². The molecule has 2 aromatic carbocycles. The molecule has 0 saturated carbocycles. The molecular formula is C14H12Cl3NS. The summed E-state index contributed by atoms with van der Waals surface area (Å²) in [5, 5.41) is 1.77. The maximum absolute atomic E-state index is 6.26. The summed E-state index contributed by atoms with van der Waals surface area (Å²) >= 11 is 19.7. The molecule has 0 spiro atoms. The van der Waals surface area contributed by atoms with Crippen molar-refractivity contribution < 1.29 is 0 Å². The fraction of sp³-hybridized carbons (Fsp3) is 0.143. The van der Waals surface area contributed by atoms with E-state index < -0.39 is 0 Å². The van der Waals surface area contributed by atoms with Gasteiger partial charge in [-0.2, -0.15) is 0 Å². The zero-order chi connectivity index (χ0) is 14.0. The summed E-state index contributed by atoms with van der Waals surface area (Å²) < 4.78 is 0. The highest BCUT2D eigenvalue weighted by Gasteiger charge is 2.07. The lowest BCUT2D eigenvalue weighted by Gasteiger charge is -2.09. The quantitative estimate of drug-likeness (QED) is 0.766. The van der Waals surface area contributed by atoms with Crippen molar-refractivity contribution in [3.05, 3.63) is 57.0 Å². The van der Waals surface area contributed by atoms with Gasteiger partial charge in [-0.05, 0) is 42.8 Å². The molecule has 2 N–H and O–H groups in total. The summed E-state index contributed by atoms with van der Waals surface area (Å²) in [5.41, 5.74) is 6.84. The van der Waals surface area contributed by atoms with Crippen molar-refractivity contribution in [2.75, 3.05) is 0 Å². The summed E-state index contributed by atoms with van der Waals surface area (Å²) in [6.45, 7) is 1.93. The number of hydrogen-bond donors (Lipinski definition) is 1. The molecule has 0 aliphatic carbocycles. The van der Waals surface area contributed by atoms with E-state index in [0.29, 0.717) is 15.1 Å². The second-order valence-corrected chi connectivity index (χ2v) is 6.49. The van der Waals surface area contributed by atoms with Crippen LogP contribution in [0.25, 0.3) is 0 Å². The fourth-order valence-corrected chi connectivity index (χ4v) is 3.08. The van der Waals surface area contributed by atoms with Crippen LogP contribution in [0.4, 0.5) is 0 Å². The molecule has 1 atom stereocenters. The van der Waals surface area contributed by atoms with Crippen LogP contribution < -0.4 is 5.73 Å². The molecule has 1 nitrogen and oxygen atoms in total. The third kappa shape index (κ3) is 3.80. The average Bonchev–Trinajstić information content (AvgIpc) is 2.36. The summed E-state index contributed by atoms with van der Waals surface area (Å²) in [7, 11) is 0. The van der Waals surface area contributed by atoms with Crippen molar-refractivity contribution >= 4 is 46.6 Å². The van der Waals surface area contributed by atoms with Crippen LogP contribution in [-0.2, 0) is 0 Å². The Balaban J connectivity index is 2.25. The van der Waals surface area contributed by atoms with Crippen LogP contribution in [0.2, 0.25) is 15.1 Å². The van der Waals surface area contributed by atoms with E-state index in [1.54, 1.807) is 17.8 Å². The van der Waals surface area contributed by atoms with Gasteiger partial charge in [0.25, 0.3) is 0 Å². The van der Waals surface area contributed by atoms with E-state index in [9.17, 15) is 0 Å². The molecule has 5 heteroatoms. The van der Waals surface area contributed by atoms with Crippen LogP contribution >= 0.6 is 46.6 Å². The van der Waals surface area contributed by atoms with Crippen molar-refractivity contribution in [1.82, 2.24) is 0 Å². The van der Waals surface area contributed by atoms with E-state index in [1.807, 2.05) is 37.3 Å². The molecule has 0 amide bonds. The molecule has 0 saturated heterocycles. The first kappa shape index (κ1) is 15.0. The first-order chi connectivity index (χ1) is 8.97. The Kier molecular flexibility index (Phi) is 5.04. The Morgan fingerprint density at radius 2 is 1.68 bits per heavy atom. The van der Waals surface area contributed by atoms with Gasteiger partial charge in [0.05, 0.1) is 15.1 Å². The van der Waals surface area contributed by atoms with Gasteiger partial charge in [-0.3, -0.25) is 0 Å². The van der Waals surface area contributed by atoms with Crippen molar-refractivity contribution in [2.45, 2.75) is 22.8 Å². The van der Waals surface area contributed by atoms with Gasteiger partial charge in [0, 0.05) is 15.8 Å². The number of halogens is 3. The second kappa shape index (κ2) is 6.38. The molecule has 100 valence electrons. The molecule has 2 aromatic rings. The van der Waals surface area contributed by atoms with E-state index in [2.05, 4.69) is 0 Å². The monoisotopic (exact) mass is 331 g/mol. The zero-order valence-electron chi connectivity index (χ0n) is 10.2. The Morgan fingerprint density at radius 1 is 0.947 bits per heavy atom. The van der Waals surface area contributed by atoms with Crippen molar-refractivity contribution in [3.63, 3.8) is 0 Å². The van der Waals surface area contributed by atoms with Gasteiger partial charge in [0.2, 0.25) is 0 Å². The fourth-order valence-electron chi connectivity index (χ4n) is 1.55. The topological polar surface area (TPSA) is 26.0 Å². The Bertz CT molecular complexity index is 599. The number of rotatable bonds is 3. The van der Waals surface area contributed by atoms with E-state index in [1.165, 1.54) is 0 Å². The highest BCUT2D eigenvalue weighted by molar-refractivity contribution is 7.99. The average molecular weight is 333 g/mol. The lowest BCUT2D eigenvalue weighted by atomic mass is 10.1. The molecule has 0 radical (unpaired) electrons. The van der Waals surface area contributed by atoms with Crippen LogP contribution in [0.5, 0.6) is 0 Å². The number of hydrogen-bond acceptors (Lipinski definition) is 2. The smallest absolute Gasteiger partial charge is 0.0603 e. The molecule has 0 aromatic heterocycles. The molecule has 0 fully saturated rings. The first-order valence-electron chi connectivity index (χ1n) is 5.65. The normalized spacial score (nSPS) is 12.5. The maximum Gasteiger partial charge on any atom is 0.0603 e. The lowest BCUT2D eigenvalue weighted by Crippen LogP contribution is -2.04. The van der Waals surface area contributed by atoms with E-state index in [4.69, 9.17) is 40.5 Å². The van der Waals surface area contributed by atoms with Crippen LogP contribution in [0.3, 0.4) is 0 Å². The molecule has 0 bridgehead atoms. The van der Waals surface area contributed by atoms with Crippen molar-refractivity contribution in [3.8, 4) is 0 Å². The van der Waals surface area contributed by atoms with Gasteiger partial charge in [0.15, 0.2) is 0 Å². The molecule has 0 aliphatic heterocycles. The summed E-state index contributed by atoms with van der Waals surface area (Å²) in [6.07, 6.45) is 0. The molecular weight excluding hydrogens is 321 g/mol.